The first-order valence-corrected chi connectivity index (χ1v) is 7.58. The van der Waals surface area contributed by atoms with Gasteiger partial charge in [0.25, 0.3) is 5.91 Å². The highest BCUT2D eigenvalue weighted by Gasteiger charge is 2.13. The topological polar surface area (TPSA) is 50.4 Å². The van der Waals surface area contributed by atoms with Gasteiger partial charge in [0.2, 0.25) is 0 Å². The molecule has 1 amide bonds. The van der Waals surface area contributed by atoms with Gasteiger partial charge in [-0.05, 0) is 56.5 Å². The van der Waals surface area contributed by atoms with Crippen LogP contribution >= 0.6 is 24.0 Å². The molecule has 22 heavy (non-hydrogen) atoms. The van der Waals surface area contributed by atoms with E-state index in [9.17, 15) is 9.18 Å². The number of carbonyl (C=O) groups is 1. The molecular formula is C15H21Cl2FN2O2. The molecule has 1 heterocycles. The Hall–Kier alpha value is -1.04. The summed E-state index contributed by atoms with van der Waals surface area (Å²) in [6.07, 6.45) is 3.38. The first kappa shape index (κ1) is 19.0. The SMILES string of the molecule is Cl.O=C(COc1ccc(F)cc1Cl)NCCC1CCCNC1. The van der Waals surface area contributed by atoms with E-state index in [-0.39, 0.29) is 29.9 Å². The highest BCUT2D eigenvalue weighted by atomic mass is 35.5. The molecule has 0 radical (unpaired) electrons. The monoisotopic (exact) mass is 350 g/mol. The molecule has 1 aliphatic rings. The summed E-state index contributed by atoms with van der Waals surface area (Å²) in [5.74, 6) is 0.313. The van der Waals surface area contributed by atoms with Gasteiger partial charge >= 0.3 is 0 Å². The van der Waals surface area contributed by atoms with Crippen molar-refractivity contribution in [3.05, 3.63) is 29.0 Å². The maximum absolute atomic E-state index is 12.9. The molecule has 0 saturated carbocycles. The third-order valence-corrected chi connectivity index (χ3v) is 3.82. The van der Waals surface area contributed by atoms with Crippen molar-refractivity contribution in [1.82, 2.24) is 10.6 Å². The summed E-state index contributed by atoms with van der Waals surface area (Å²) in [5.41, 5.74) is 0. The van der Waals surface area contributed by atoms with Crippen LogP contribution in [0.5, 0.6) is 5.75 Å². The van der Waals surface area contributed by atoms with Gasteiger partial charge in [0.1, 0.15) is 11.6 Å². The summed E-state index contributed by atoms with van der Waals surface area (Å²) in [6, 6.07) is 3.82. The summed E-state index contributed by atoms with van der Waals surface area (Å²) in [6.45, 7) is 2.65. The van der Waals surface area contributed by atoms with Crippen LogP contribution in [-0.2, 0) is 4.79 Å². The lowest BCUT2D eigenvalue weighted by Crippen LogP contribution is -2.34. The zero-order chi connectivity index (χ0) is 15.1. The maximum atomic E-state index is 12.9. The van der Waals surface area contributed by atoms with E-state index in [1.165, 1.54) is 25.0 Å². The van der Waals surface area contributed by atoms with E-state index >= 15 is 0 Å². The smallest absolute Gasteiger partial charge is 0.257 e. The third kappa shape index (κ3) is 6.38. The van der Waals surface area contributed by atoms with E-state index in [4.69, 9.17) is 16.3 Å². The lowest BCUT2D eigenvalue weighted by Gasteiger charge is -2.22. The van der Waals surface area contributed by atoms with Crippen molar-refractivity contribution in [2.45, 2.75) is 19.3 Å². The predicted octanol–water partition coefficient (Wildman–Crippen LogP) is 2.79. The maximum Gasteiger partial charge on any atom is 0.257 e. The van der Waals surface area contributed by atoms with Crippen molar-refractivity contribution in [2.75, 3.05) is 26.2 Å². The van der Waals surface area contributed by atoms with Crippen LogP contribution in [0.4, 0.5) is 4.39 Å². The molecule has 0 bridgehead atoms. The molecule has 7 heteroatoms. The first-order chi connectivity index (χ1) is 10.1. The number of piperidine rings is 1. The number of hydrogen-bond donors (Lipinski definition) is 2. The highest BCUT2D eigenvalue weighted by molar-refractivity contribution is 6.32. The van der Waals surface area contributed by atoms with Crippen molar-refractivity contribution < 1.29 is 13.9 Å². The molecule has 1 atom stereocenters. The average molecular weight is 351 g/mol. The van der Waals surface area contributed by atoms with Crippen LogP contribution in [-0.4, -0.2) is 32.1 Å². The van der Waals surface area contributed by atoms with Crippen LogP contribution in [0.25, 0.3) is 0 Å². The quantitative estimate of drug-likeness (QED) is 0.829. The number of nitrogens with one attached hydrogen (secondary N) is 2. The number of hydrogen-bond acceptors (Lipinski definition) is 3. The summed E-state index contributed by atoms with van der Waals surface area (Å²) >= 11 is 5.82. The van der Waals surface area contributed by atoms with E-state index in [1.54, 1.807) is 0 Å². The second-order valence-electron chi connectivity index (χ2n) is 5.21. The minimum absolute atomic E-state index is 0. The second kappa shape index (κ2) is 9.87. The Morgan fingerprint density at radius 2 is 2.32 bits per heavy atom. The van der Waals surface area contributed by atoms with Crippen LogP contribution < -0.4 is 15.4 Å². The average Bonchev–Trinajstić information content (AvgIpc) is 2.47. The van der Waals surface area contributed by atoms with E-state index in [1.807, 2.05) is 0 Å². The fourth-order valence-electron chi connectivity index (χ4n) is 2.37. The van der Waals surface area contributed by atoms with Gasteiger partial charge in [-0.1, -0.05) is 11.6 Å². The first-order valence-electron chi connectivity index (χ1n) is 7.20. The molecule has 0 spiro atoms. The van der Waals surface area contributed by atoms with Crippen molar-refractivity contribution in [1.29, 1.82) is 0 Å². The molecule has 4 nitrogen and oxygen atoms in total. The van der Waals surface area contributed by atoms with Crippen LogP contribution in [0.15, 0.2) is 18.2 Å². The van der Waals surface area contributed by atoms with Gasteiger partial charge in [-0.2, -0.15) is 0 Å². The summed E-state index contributed by atoms with van der Waals surface area (Å²) < 4.78 is 18.1. The summed E-state index contributed by atoms with van der Waals surface area (Å²) in [5, 5.41) is 6.33. The van der Waals surface area contributed by atoms with Gasteiger partial charge in [-0.25, -0.2) is 4.39 Å². The minimum Gasteiger partial charge on any atom is -0.482 e. The Balaban J connectivity index is 0.00000242. The number of amides is 1. The van der Waals surface area contributed by atoms with E-state index in [0.717, 1.165) is 25.6 Å². The molecule has 0 aliphatic carbocycles. The van der Waals surface area contributed by atoms with Crippen molar-refractivity contribution in [3.63, 3.8) is 0 Å². The fourth-order valence-corrected chi connectivity index (χ4v) is 2.59. The Morgan fingerprint density at radius 3 is 3.00 bits per heavy atom. The van der Waals surface area contributed by atoms with Crippen LogP contribution in [0.2, 0.25) is 5.02 Å². The van der Waals surface area contributed by atoms with Gasteiger partial charge < -0.3 is 15.4 Å². The summed E-state index contributed by atoms with van der Waals surface area (Å²) in [7, 11) is 0. The Morgan fingerprint density at radius 1 is 1.50 bits per heavy atom. The minimum atomic E-state index is -0.433. The molecule has 1 aromatic carbocycles. The number of rotatable bonds is 6. The van der Waals surface area contributed by atoms with Gasteiger partial charge in [-0.3, -0.25) is 4.79 Å². The molecule has 1 unspecified atom stereocenters. The zero-order valence-electron chi connectivity index (χ0n) is 12.2. The lowest BCUT2D eigenvalue weighted by atomic mass is 9.96. The Bertz CT molecular complexity index is 483. The normalized spacial score (nSPS) is 17.5. The van der Waals surface area contributed by atoms with Crippen molar-refractivity contribution in [3.8, 4) is 5.75 Å². The molecule has 1 fully saturated rings. The van der Waals surface area contributed by atoms with Crippen LogP contribution in [0.3, 0.4) is 0 Å². The van der Waals surface area contributed by atoms with Gasteiger partial charge in [0.15, 0.2) is 6.61 Å². The van der Waals surface area contributed by atoms with E-state index in [2.05, 4.69) is 10.6 Å². The standard InChI is InChI=1S/C15H20ClFN2O2.ClH/c16-13-8-12(17)3-4-14(13)21-10-15(20)19-7-5-11-2-1-6-18-9-11;/h3-4,8,11,18H,1-2,5-7,9-10H2,(H,19,20);1H. The third-order valence-electron chi connectivity index (χ3n) is 3.53. The van der Waals surface area contributed by atoms with E-state index in [0.29, 0.717) is 18.2 Å². The molecule has 124 valence electrons. The fraction of sp³-hybridized carbons (Fsp3) is 0.533. The van der Waals surface area contributed by atoms with Gasteiger partial charge in [-0.15, -0.1) is 12.4 Å². The van der Waals surface area contributed by atoms with Gasteiger partial charge in [0.05, 0.1) is 5.02 Å². The second-order valence-corrected chi connectivity index (χ2v) is 5.62. The predicted molar refractivity (Wildman–Crippen MR) is 87.4 cm³/mol. The molecule has 1 aliphatic heterocycles. The number of ether oxygens (including phenoxy) is 1. The van der Waals surface area contributed by atoms with Gasteiger partial charge in [0, 0.05) is 6.54 Å². The lowest BCUT2D eigenvalue weighted by molar-refractivity contribution is -0.123. The summed E-state index contributed by atoms with van der Waals surface area (Å²) in [4.78, 5) is 11.7. The molecule has 2 rings (SSSR count). The van der Waals surface area contributed by atoms with Crippen molar-refractivity contribution >= 4 is 29.9 Å². The molecule has 2 N–H and O–H groups in total. The zero-order valence-corrected chi connectivity index (χ0v) is 13.8. The Kier molecular flexibility index (Phi) is 8.53. The number of benzene rings is 1. The number of carbonyl (C=O) groups excluding carboxylic acids is 1. The molecule has 1 saturated heterocycles. The molecule has 0 aromatic heterocycles. The van der Waals surface area contributed by atoms with Crippen molar-refractivity contribution in [2.24, 2.45) is 5.92 Å². The van der Waals surface area contributed by atoms with Crippen LogP contribution in [0.1, 0.15) is 19.3 Å². The highest BCUT2D eigenvalue weighted by Crippen LogP contribution is 2.24. The molecule has 1 aromatic rings. The van der Waals surface area contributed by atoms with Crippen LogP contribution in [0, 0.1) is 11.7 Å². The molecular weight excluding hydrogens is 330 g/mol. The van der Waals surface area contributed by atoms with E-state index < -0.39 is 5.82 Å². The number of halogens is 3. The Labute approximate surface area is 141 Å². The largest absolute Gasteiger partial charge is 0.482 e.